The van der Waals surface area contributed by atoms with Gasteiger partial charge in [-0.25, -0.2) is 4.39 Å². The van der Waals surface area contributed by atoms with Crippen molar-refractivity contribution in [2.24, 2.45) is 0 Å². The maximum Gasteiger partial charge on any atom is 0.466 e. The number of halogens is 2. The van der Waals surface area contributed by atoms with Gasteiger partial charge in [-0.3, -0.25) is 4.79 Å². The average Bonchev–Trinajstić information content (AvgIpc) is 2.63. The molecule has 0 radical (unpaired) electrons. The van der Waals surface area contributed by atoms with Gasteiger partial charge >= 0.3 is 13.1 Å². The number of hydrogen-bond acceptors (Lipinski definition) is 4. The van der Waals surface area contributed by atoms with Gasteiger partial charge in [0.2, 0.25) is 0 Å². The van der Waals surface area contributed by atoms with Crippen molar-refractivity contribution in [2.45, 2.75) is 58.1 Å². The summed E-state index contributed by atoms with van der Waals surface area (Å²) in [5.74, 6) is -1.21. The first-order chi connectivity index (χ1) is 11.1. The van der Waals surface area contributed by atoms with Crippen molar-refractivity contribution in [1.82, 2.24) is 0 Å². The lowest BCUT2D eigenvalue weighted by Crippen LogP contribution is -2.41. The molecule has 2 rings (SSSR count). The van der Waals surface area contributed by atoms with E-state index in [9.17, 15) is 9.18 Å². The van der Waals surface area contributed by atoms with Crippen LogP contribution in [0.25, 0.3) is 0 Å². The second-order valence-corrected chi connectivity index (χ2v) is 7.86. The van der Waals surface area contributed by atoms with Gasteiger partial charge in [0.05, 0.1) is 24.2 Å². The molecule has 1 heterocycles. The third-order valence-corrected chi connectivity index (χ3v) is 5.06. The fourth-order valence-corrected chi connectivity index (χ4v) is 3.10. The Hall–Kier alpha value is -0.915. The van der Waals surface area contributed by atoms with Crippen LogP contribution in [0.5, 0.6) is 0 Å². The SMILES string of the molecule is CCOC(=O)CC(B1OC(C)(C)C(C)(C)O1)c1cc(F)cc(Br)c1. The van der Waals surface area contributed by atoms with Crippen LogP contribution in [0.2, 0.25) is 0 Å². The predicted octanol–water partition coefficient (Wildman–Crippen LogP) is 4.26. The highest BCUT2D eigenvalue weighted by Gasteiger charge is 2.54. The topological polar surface area (TPSA) is 44.8 Å². The highest BCUT2D eigenvalue weighted by molar-refractivity contribution is 9.10. The number of benzene rings is 1. The second-order valence-electron chi connectivity index (χ2n) is 6.94. The van der Waals surface area contributed by atoms with Crippen LogP contribution < -0.4 is 0 Å². The summed E-state index contributed by atoms with van der Waals surface area (Å²) in [6.45, 7) is 9.81. The van der Waals surface area contributed by atoms with Crippen molar-refractivity contribution in [1.29, 1.82) is 0 Å². The third-order valence-electron chi connectivity index (χ3n) is 4.60. The summed E-state index contributed by atoms with van der Waals surface area (Å²) in [6, 6.07) is 4.55. The zero-order valence-electron chi connectivity index (χ0n) is 14.7. The van der Waals surface area contributed by atoms with Gasteiger partial charge in [-0.15, -0.1) is 0 Å². The van der Waals surface area contributed by atoms with Crippen LogP contribution in [0.15, 0.2) is 22.7 Å². The largest absolute Gasteiger partial charge is 0.466 e. The minimum Gasteiger partial charge on any atom is -0.466 e. The van der Waals surface area contributed by atoms with Crippen LogP contribution in [0, 0.1) is 5.82 Å². The Morgan fingerprint density at radius 3 is 2.33 bits per heavy atom. The Morgan fingerprint density at radius 1 is 1.25 bits per heavy atom. The molecule has 132 valence electrons. The molecule has 0 N–H and O–H groups in total. The molecular formula is C17H23BBrFO4. The molecule has 4 nitrogen and oxygen atoms in total. The Morgan fingerprint density at radius 2 is 1.83 bits per heavy atom. The van der Waals surface area contributed by atoms with E-state index in [1.54, 1.807) is 13.0 Å². The van der Waals surface area contributed by atoms with Crippen molar-refractivity contribution in [3.63, 3.8) is 0 Å². The molecule has 1 atom stereocenters. The number of ether oxygens (including phenoxy) is 1. The van der Waals surface area contributed by atoms with E-state index in [0.717, 1.165) is 0 Å². The van der Waals surface area contributed by atoms with Crippen LogP contribution in [0.1, 0.15) is 52.4 Å². The van der Waals surface area contributed by atoms with Gasteiger partial charge in [-0.1, -0.05) is 15.9 Å². The summed E-state index contributed by atoms with van der Waals surface area (Å²) < 4.78 is 31.6. The molecule has 0 aromatic heterocycles. The maximum atomic E-state index is 13.8. The van der Waals surface area contributed by atoms with E-state index in [0.29, 0.717) is 16.6 Å². The van der Waals surface area contributed by atoms with Crippen molar-refractivity contribution in [2.75, 3.05) is 6.61 Å². The summed E-state index contributed by atoms with van der Waals surface area (Å²) in [4.78, 5) is 12.0. The van der Waals surface area contributed by atoms with Crippen LogP contribution >= 0.6 is 15.9 Å². The molecule has 1 aromatic carbocycles. The van der Waals surface area contributed by atoms with Gasteiger partial charge < -0.3 is 14.0 Å². The summed E-state index contributed by atoms with van der Waals surface area (Å²) in [5, 5.41) is 0. The van der Waals surface area contributed by atoms with E-state index >= 15 is 0 Å². The van der Waals surface area contributed by atoms with E-state index in [-0.39, 0.29) is 18.2 Å². The molecule has 0 amide bonds. The van der Waals surface area contributed by atoms with Gasteiger partial charge in [-0.05, 0) is 58.4 Å². The van der Waals surface area contributed by atoms with Gasteiger partial charge in [0.25, 0.3) is 0 Å². The summed E-state index contributed by atoms with van der Waals surface area (Å²) in [5.41, 5.74) is -0.432. The zero-order chi connectivity index (χ0) is 18.1. The first-order valence-corrected chi connectivity index (χ1v) is 8.82. The lowest BCUT2D eigenvalue weighted by molar-refractivity contribution is -0.143. The number of rotatable bonds is 5. The van der Waals surface area contributed by atoms with Gasteiger partial charge in [0, 0.05) is 10.3 Å². The quantitative estimate of drug-likeness (QED) is 0.547. The summed E-state index contributed by atoms with van der Waals surface area (Å²) in [6.07, 6.45) is 0.0561. The van der Waals surface area contributed by atoms with Crippen LogP contribution in [-0.4, -0.2) is 30.9 Å². The number of carbonyl (C=O) groups is 1. The highest BCUT2D eigenvalue weighted by atomic mass is 79.9. The highest BCUT2D eigenvalue weighted by Crippen LogP contribution is 2.42. The fourth-order valence-electron chi connectivity index (χ4n) is 2.61. The Bertz CT molecular complexity index is 584. The summed E-state index contributed by atoms with van der Waals surface area (Å²) >= 11 is 3.29. The molecule has 0 saturated carbocycles. The lowest BCUT2D eigenvalue weighted by atomic mass is 9.66. The Balaban J connectivity index is 2.35. The predicted molar refractivity (Wildman–Crippen MR) is 94.2 cm³/mol. The lowest BCUT2D eigenvalue weighted by Gasteiger charge is -2.32. The molecule has 1 aliphatic rings. The van der Waals surface area contributed by atoms with Crippen molar-refractivity contribution in [3.05, 3.63) is 34.1 Å². The fraction of sp³-hybridized carbons (Fsp3) is 0.588. The normalized spacial score (nSPS) is 20.0. The van der Waals surface area contributed by atoms with Crippen LogP contribution in [0.4, 0.5) is 4.39 Å². The summed E-state index contributed by atoms with van der Waals surface area (Å²) in [7, 11) is -0.659. The number of esters is 1. The van der Waals surface area contributed by atoms with E-state index in [2.05, 4.69) is 15.9 Å². The molecular weight excluding hydrogens is 378 g/mol. The van der Waals surface area contributed by atoms with E-state index in [1.807, 2.05) is 27.7 Å². The minimum atomic E-state index is -0.659. The number of carbonyl (C=O) groups excluding carboxylic acids is 1. The molecule has 1 unspecified atom stereocenters. The van der Waals surface area contributed by atoms with Crippen molar-refractivity contribution < 1.29 is 23.2 Å². The first-order valence-electron chi connectivity index (χ1n) is 8.03. The molecule has 1 aliphatic heterocycles. The van der Waals surface area contributed by atoms with Crippen LogP contribution in [0.3, 0.4) is 0 Å². The monoisotopic (exact) mass is 400 g/mol. The van der Waals surface area contributed by atoms with Crippen LogP contribution in [-0.2, 0) is 18.8 Å². The van der Waals surface area contributed by atoms with E-state index in [1.165, 1.54) is 12.1 Å². The Labute approximate surface area is 151 Å². The average molecular weight is 401 g/mol. The maximum absolute atomic E-state index is 13.8. The first kappa shape index (κ1) is 19.4. The zero-order valence-corrected chi connectivity index (χ0v) is 16.3. The number of hydrogen-bond donors (Lipinski definition) is 0. The molecule has 24 heavy (non-hydrogen) atoms. The third kappa shape index (κ3) is 4.18. The minimum absolute atomic E-state index is 0.0561. The molecule has 1 aromatic rings. The smallest absolute Gasteiger partial charge is 0.466 e. The van der Waals surface area contributed by atoms with Gasteiger partial charge in [0.1, 0.15) is 5.82 Å². The van der Waals surface area contributed by atoms with Crippen molar-refractivity contribution in [3.8, 4) is 0 Å². The molecule has 7 heteroatoms. The Kier molecular flexibility index (Phi) is 5.77. The standard InChI is InChI=1S/C17H23BBrFO4/c1-6-22-15(21)10-14(11-7-12(19)9-13(20)8-11)18-23-16(2,3)17(4,5)24-18/h7-9,14H,6,10H2,1-5H3. The van der Waals surface area contributed by atoms with Gasteiger partial charge in [-0.2, -0.15) is 0 Å². The van der Waals surface area contributed by atoms with E-state index < -0.39 is 24.1 Å². The second kappa shape index (κ2) is 7.14. The van der Waals surface area contributed by atoms with Crippen molar-refractivity contribution >= 4 is 29.0 Å². The molecule has 0 bridgehead atoms. The van der Waals surface area contributed by atoms with Gasteiger partial charge in [0.15, 0.2) is 0 Å². The molecule has 1 fully saturated rings. The molecule has 1 saturated heterocycles. The van der Waals surface area contributed by atoms with E-state index in [4.69, 9.17) is 14.0 Å². The molecule has 0 spiro atoms. The molecule has 0 aliphatic carbocycles.